The van der Waals surface area contributed by atoms with Crippen molar-refractivity contribution >= 4 is 11.6 Å². The molecule has 23 heavy (non-hydrogen) atoms. The van der Waals surface area contributed by atoms with Crippen LogP contribution in [0, 0.1) is 0 Å². The van der Waals surface area contributed by atoms with Crippen LogP contribution in [0.5, 0.6) is 11.5 Å². The number of carbonyl (C=O) groups is 1. The minimum absolute atomic E-state index is 0.0223. The van der Waals surface area contributed by atoms with Gasteiger partial charge in [-0.3, -0.25) is 4.79 Å². The zero-order chi connectivity index (χ0) is 16.2. The molecule has 0 aliphatic heterocycles. The third-order valence-corrected chi connectivity index (χ3v) is 3.34. The lowest BCUT2D eigenvalue weighted by atomic mass is 10.2. The molecule has 3 rings (SSSR count). The summed E-state index contributed by atoms with van der Waals surface area (Å²) < 4.78 is 6.73. The molecular weight excluding hydrogens is 294 g/mol. The van der Waals surface area contributed by atoms with Crippen LogP contribution in [0.15, 0.2) is 60.9 Å². The number of rotatable bonds is 4. The summed E-state index contributed by atoms with van der Waals surface area (Å²) in [5.74, 6) is 0.0793. The van der Waals surface area contributed by atoms with Crippen LogP contribution >= 0.6 is 0 Å². The Bertz CT molecular complexity index is 812. The quantitative estimate of drug-likeness (QED) is 0.727. The first-order valence-corrected chi connectivity index (χ1v) is 6.96. The van der Waals surface area contributed by atoms with E-state index in [1.807, 2.05) is 24.4 Å². The number of benzene rings is 2. The average Bonchev–Trinajstić information content (AvgIpc) is 3.11. The number of aromatic hydroxyl groups is 1. The molecule has 0 atom stereocenters. The summed E-state index contributed by atoms with van der Waals surface area (Å²) in [6, 6.07) is 13.6. The van der Waals surface area contributed by atoms with Crippen molar-refractivity contribution in [3.63, 3.8) is 0 Å². The Morgan fingerprint density at radius 1 is 1.22 bits per heavy atom. The molecule has 0 spiro atoms. The molecule has 0 radical (unpaired) electrons. The average molecular weight is 309 g/mol. The summed E-state index contributed by atoms with van der Waals surface area (Å²) in [5.41, 5.74) is 1.94. The number of anilines is 1. The Morgan fingerprint density at radius 3 is 2.65 bits per heavy atom. The van der Waals surface area contributed by atoms with Crippen LogP contribution in [0.1, 0.15) is 10.4 Å². The van der Waals surface area contributed by atoms with E-state index in [4.69, 9.17) is 4.74 Å². The number of amides is 1. The number of hydrogen-bond donors (Lipinski definition) is 2. The zero-order valence-corrected chi connectivity index (χ0v) is 12.4. The van der Waals surface area contributed by atoms with Gasteiger partial charge in [0, 0.05) is 29.7 Å². The smallest absolute Gasteiger partial charge is 0.255 e. The number of nitrogens with zero attached hydrogens (tertiary/aromatic N) is 2. The summed E-state index contributed by atoms with van der Waals surface area (Å²) in [6.07, 6.45) is 3.52. The molecule has 0 aliphatic rings. The van der Waals surface area contributed by atoms with Crippen LogP contribution in [0.3, 0.4) is 0 Å². The van der Waals surface area contributed by atoms with E-state index < -0.39 is 0 Å². The number of phenols is 1. The number of carbonyl (C=O) groups excluding carboxylic acids is 1. The predicted molar refractivity (Wildman–Crippen MR) is 86.2 cm³/mol. The van der Waals surface area contributed by atoms with E-state index in [-0.39, 0.29) is 11.7 Å². The standard InChI is InChI=1S/C17H15N3O3/c1-23-16-11-13(5-8-15(16)21)19-17(22)12-3-6-14(7-4-12)20-10-2-9-18-20/h2-11,21H,1H3,(H,19,22). The molecule has 1 heterocycles. The number of aromatic nitrogens is 2. The van der Waals surface area contributed by atoms with E-state index in [1.165, 1.54) is 13.2 Å². The molecule has 0 aliphatic carbocycles. The second-order valence-corrected chi connectivity index (χ2v) is 4.84. The second kappa shape index (κ2) is 6.23. The van der Waals surface area contributed by atoms with Gasteiger partial charge in [0.1, 0.15) is 0 Å². The largest absolute Gasteiger partial charge is 0.504 e. The van der Waals surface area contributed by atoms with E-state index in [1.54, 1.807) is 35.1 Å². The zero-order valence-electron chi connectivity index (χ0n) is 12.4. The van der Waals surface area contributed by atoms with Gasteiger partial charge in [0.05, 0.1) is 12.8 Å². The van der Waals surface area contributed by atoms with Crippen molar-refractivity contribution < 1.29 is 14.6 Å². The lowest BCUT2D eigenvalue weighted by molar-refractivity contribution is 0.102. The molecule has 116 valence electrons. The number of ether oxygens (including phenoxy) is 1. The van der Waals surface area contributed by atoms with Crippen LogP contribution in [0.4, 0.5) is 5.69 Å². The maximum absolute atomic E-state index is 12.3. The fourth-order valence-electron chi connectivity index (χ4n) is 2.15. The first-order valence-electron chi connectivity index (χ1n) is 6.96. The van der Waals surface area contributed by atoms with Crippen LogP contribution < -0.4 is 10.1 Å². The Kier molecular flexibility index (Phi) is 3.97. The first-order chi connectivity index (χ1) is 11.2. The van der Waals surface area contributed by atoms with Gasteiger partial charge < -0.3 is 15.2 Å². The molecule has 0 bridgehead atoms. The minimum atomic E-state index is -0.246. The highest BCUT2D eigenvalue weighted by molar-refractivity contribution is 6.04. The third-order valence-electron chi connectivity index (χ3n) is 3.34. The molecule has 6 nitrogen and oxygen atoms in total. The van der Waals surface area contributed by atoms with Crippen molar-refractivity contribution in [3.8, 4) is 17.2 Å². The van der Waals surface area contributed by atoms with Gasteiger partial charge >= 0.3 is 0 Å². The van der Waals surface area contributed by atoms with Gasteiger partial charge in [0.2, 0.25) is 0 Å². The second-order valence-electron chi connectivity index (χ2n) is 4.84. The van der Waals surface area contributed by atoms with Gasteiger partial charge in [-0.05, 0) is 42.5 Å². The van der Waals surface area contributed by atoms with E-state index >= 15 is 0 Å². The number of methoxy groups -OCH3 is 1. The fraction of sp³-hybridized carbons (Fsp3) is 0.0588. The van der Waals surface area contributed by atoms with Crippen molar-refractivity contribution in [1.82, 2.24) is 9.78 Å². The predicted octanol–water partition coefficient (Wildman–Crippen LogP) is 2.84. The van der Waals surface area contributed by atoms with Crippen LogP contribution in [0.2, 0.25) is 0 Å². The monoisotopic (exact) mass is 309 g/mol. The van der Waals surface area contributed by atoms with Crippen LogP contribution in [0.25, 0.3) is 5.69 Å². The summed E-state index contributed by atoms with van der Waals surface area (Å²) in [5, 5.41) is 16.5. The van der Waals surface area contributed by atoms with E-state index in [9.17, 15) is 9.90 Å². The van der Waals surface area contributed by atoms with Crippen molar-refractivity contribution in [1.29, 1.82) is 0 Å². The highest BCUT2D eigenvalue weighted by atomic mass is 16.5. The molecule has 0 unspecified atom stereocenters. The van der Waals surface area contributed by atoms with Crippen molar-refractivity contribution in [2.75, 3.05) is 12.4 Å². The van der Waals surface area contributed by atoms with Gasteiger partial charge in [-0.15, -0.1) is 0 Å². The van der Waals surface area contributed by atoms with Gasteiger partial charge in [0.25, 0.3) is 5.91 Å². The van der Waals surface area contributed by atoms with E-state index in [2.05, 4.69) is 10.4 Å². The van der Waals surface area contributed by atoms with Crippen molar-refractivity contribution in [2.45, 2.75) is 0 Å². The van der Waals surface area contributed by atoms with Crippen molar-refractivity contribution in [2.24, 2.45) is 0 Å². The van der Waals surface area contributed by atoms with E-state index in [0.717, 1.165) is 5.69 Å². The highest BCUT2D eigenvalue weighted by Gasteiger charge is 2.09. The van der Waals surface area contributed by atoms with Crippen LogP contribution in [-0.4, -0.2) is 27.9 Å². The molecule has 0 saturated carbocycles. The molecule has 2 N–H and O–H groups in total. The fourth-order valence-corrected chi connectivity index (χ4v) is 2.15. The molecular formula is C17H15N3O3. The summed E-state index contributed by atoms with van der Waals surface area (Å²) >= 11 is 0. The molecule has 1 aromatic heterocycles. The Labute approximate surface area is 133 Å². The van der Waals surface area contributed by atoms with Gasteiger partial charge in [-0.25, -0.2) is 4.68 Å². The molecule has 3 aromatic rings. The SMILES string of the molecule is COc1cc(NC(=O)c2ccc(-n3cccn3)cc2)ccc1O. The summed E-state index contributed by atoms with van der Waals surface area (Å²) in [6.45, 7) is 0. The lowest BCUT2D eigenvalue weighted by Gasteiger charge is -2.09. The summed E-state index contributed by atoms with van der Waals surface area (Å²) in [7, 11) is 1.45. The topological polar surface area (TPSA) is 76.4 Å². The number of nitrogens with one attached hydrogen (secondary N) is 1. The Hall–Kier alpha value is -3.28. The molecule has 6 heteroatoms. The summed E-state index contributed by atoms with van der Waals surface area (Å²) in [4.78, 5) is 12.3. The third kappa shape index (κ3) is 3.16. The molecule has 1 amide bonds. The number of phenolic OH excluding ortho intramolecular Hbond substituents is 1. The maximum Gasteiger partial charge on any atom is 0.255 e. The Balaban J connectivity index is 1.76. The van der Waals surface area contributed by atoms with Gasteiger partial charge in [0.15, 0.2) is 11.5 Å². The van der Waals surface area contributed by atoms with Gasteiger partial charge in [-0.2, -0.15) is 5.10 Å². The van der Waals surface area contributed by atoms with Gasteiger partial charge in [-0.1, -0.05) is 0 Å². The van der Waals surface area contributed by atoms with E-state index in [0.29, 0.717) is 17.0 Å². The highest BCUT2D eigenvalue weighted by Crippen LogP contribution is 2.28. The minimum Gasteiger partial charge on any atom is -0.504 e. The lowest BCUT2D eigenvalue weighted by Crippen LogP contribution is -2.12. The number of hydrogen-bond acceptors (Lipinski definition) is 4. The maximum atomic E-state index is 12.3. The van der Waals surface area contributed by atoms with Crippen LogP contribution in [-0.2, 0) is 0 Å². The first kappa shape index (κ1) is 14.6. The molecule has 0 fully saturated rings. The molecule has 2 aromatic carbocycles. The molecule has 0 saturated heterocycles. The van der Waals surface area contributed by atoms with Crippen molar-refractivity contribution in [3.05, 3.63) is 66.5 Å². The Morgan fingerprint density at radius 2 is 2.00 bits per heavy atom. The normalized spacial score (nSPS) is 10.3.